The van der Waals surface area contributed by atoms with E-state index in [4.69, 9.17) is 5.10 Å². The van der Waals surface area contributed by atoms with Gasteiger partial charge in [-0.25, -0.2) is 0 Å². The van der Waals surface area contributed by atoms with Crippen molar-refractivity contribution in [1.82, 2.24) is 25.4 Å². The number of hydrogen-bond donors (Lipinski definition) is 3. The molecule has 1 unspecified atom stereocenters. The number of para-hydroxylation sites is 1. The summed E-state index contributed by atoms with van der Waals surface area (Å²) in [5.74, 6) is 0.874. The van der Waals surface area contributed by atoms with E-state index in [9.17, 15) is 0 Å². The minimum Gasteiger partial charge on any atom is -0.358 e. The van der Waals surface area contributed by atoms with Crippen molar-refractivity contribution in [2.75, 3.05) is 13.6 Å². The number of benzene rings is 1. The number of aromatic nitrogens is 3. The molecular weight excluding hydrogens is 360 g/mol. The predicted octanol–water partition coefficient (Wildman–Crippen LogP) is 3.52. The molecular formula is C23H32N6. The number of guanidine groups is 1. The van der Waals surface area contributed by atoms with Gasteiger partial charge in [-0.1, -0.05) is 18.2 Å². The second kappa shape index (κ2) is 8.31. The van der Waals surface area contributed by atoms with Gasteiger partial charge in [-0.05, 0) is 57.2 Å². The highest BCUT2D eigenvalue weighted by atomic mass is 15.3. The zero-order valence-corrected chi connectivity index (χ0v) is 17.9. The fourth-order valence-electron chi connectivity index (χ4n) is 4.25. The lowest BCUT2D eigenvalue weighted by Crippen LogP contribution is -2.46. The Morgan fingerprint density at radius 3 is 2.97 bits per heavy atom. The molecule has 2 heterocycles. The summed E-state index contributed by atoms with van der Waals surface area (Å²) < 4.78 is 2.09. The summed E-state index contributed by atoms with van der Waals surface area (Å²) in [4.78, 5) is 7.92. The molecule has 0 amide bonds. The Morgan fingerprint density at radius 2 is 2.17 bits per heavy atom. The molecule has 0 fully saturated rings. The third-order valence-electron chi connectivity index (χ3n) is 5.88. The van der Waals surface area contributed by atoms with Crippen LogP contribution in [0.15, 0.2) is 35.5 Å². The molecule has 6 heteroatoms. The van der Waals surface area contributed by atoms with E-state index in [0.717, 1.165) is 38.2 Å². The molecule has 0 saturated carbocycles. The largest absolute Gasteiger partial charge is 0.358 e. The van der Waals surface area contributed by atoms with Crippen LogP contribution in [-0.4, -0.2) is 40.4 Å². The minimum absolute atomic E-state index is 0.374. The van der Waals surface area contributed by atoms with Gasteiger partial charge in [-0.15, -0.1) is 0 Å². The van der Waals surface area contributed by atoms with Crippen molar-refractivity contribution in [3.8, 4) is 0 Å². The summed E-state index contributed by atoms with van der Waals surface area (Å²) >= 11 is 0. The van der Waals surface area contributed by atoms with Gasteiger partial charge in [0.05, 0.1) is 5.69 Å². The Balaban J connectivity index is 1.33. The van der Waals surface area contributed by atoms with Gasteiger partial charge >= 0.3 is 0 Å². The van der Waals surface area contributed by atoms with Gasteiger partial charge in [0.2, 0.25) is 0 Å². The maximum Gasteiger partial charge on any atom is 0.191 e. The second-order valence-corrected chi connectivity index (χ2v) is 8.28. The van der Waals surface area contributed by atoms with E-state index in [1.54, 1.807) is 0 Å². The van der Waals surface area contributed by atoms with Crippen LogP contribution in [0.4, 0.5) is 0 Å². The van der Waals surface area contributed by atoms with Crippen LogP contribution in [0.1, 0.15) is 48.8 Å². The average Bonchev–Trinajstić information content (AvgIpc) is 3.28. The SMILES string of the molecule is CN=C(NCCc1c(C)[nH]c2ccccc12)NC1CCc2cn(C(C)C)nc2C1. The van der Waals surface area contributed by atoms with Gasteiger partial charge in [0, 0.05) is 54.9 Å². The van der Waals surface area contributed by atoms with Gasteiger partial charge < -0.3 is 15.6 Å². The van der Waals surface area contributed by atoms with Gasteiger partial charge in [-0.2, -0.15) is 5.10 Å². The van der Waals surface area contributed by atoms with Crippen LogP contribution in [0.5, 0.6) is 0 Å². The van der Waals surface area contributed by atoms with E-state index in [0.29, 0.717) is 12.1 Å². The summed E-state index contributed by atoms with van der Waals surface area (Å²) in [5, 5.41) is 13.2. The molecule has 0 radical (unpaired) electrons. The summed E-state index contributed by atoms with van der Waals surface area (Å²) in [5.41, 5.74) is 6.46. The molecule has 1 aliphatic rings. The number of nitrogens with zero attached hydrogens (tertiary/aromatic N) is 3. The Morgan fingerprint density at radius 1 is 1.34 bits per heavy atom. The van der Waals surface area contributed by atoms with Crippen molar-refractivity contribution >= 4 is 16.9 Å². The molecule has 0 bridgehead atoms. The quantitative estimate of drug-likeness (QED) is 0.460. The number of aromatic amines is 1. The van der Waals surface area contributed by atoms with Crippen LogP contribution in [0.2, 0.25) is 0 Å². The van der Waals surface area contributed by atoms with Gasteiger partial charge in [-0.3, -0.25) is 9.67 Å². The van der Waals surface area contributed by atoms with Gasteiger partial charge in [0.25, 0.3) is 0 Å². The topological polar surface area (TPSA) is 70.0 Å². The fraction of sp³-hybridized carbons (Fsp3) is 0.478. The number of aryl methyl sites for hydroxylation is 2. The monoisotopic (exact) mass is 392 g/mol. The first kappa shape index (κ1) is 19.6. The zero-order chi connectivity index (χ0) is 20.4. The third-order valence-corrected chi connectivity index (χ3v) is 5.88. The molecule has 1 atom stereocenters. The summed E-state index contributed by atoms with van der Waals surface area (Å²) in [6.45, 7) is 7.35. The Kier molecular flexibility index (Phi) is 5.60. The first-order valence-electron chi connectivity index (χ1n) is 10.7. The van der Waals surface area contributed by atoms with Crippen LogP contribution in [0, 0.1) is 6.92 Å². The highest BCUT2D eigenvalue weighted by Gasteiger charge is 2.23. The van der Waals surface area contributed by atoms with E-state index in [2.05, 4.69) is 76.5 Å². The Bertz CT molecular complexity index is 1010. The molecule has 0 aliphatic heterocycles. The van der Waals surface area contributed by atoms with Crippen molar-refractivity contribution in [3.05, 3.63) is 53.0 Å². The number of aliphatic imine (C=N–C) groups is 1. The lowest BCUT2D eigenvalue weighted by atomic mass is 9.94. The van der Waals surface area contributed by atoms with Crippen LogP contribution < -0.4 is 10.6 Å². The molecule has 0 spiro atoms. The Labute approximate surface area is 172 Å². The van der Waals surface area contributed by atoms with Crippen molar-refractivity contribution in [3.63, 3.8) is 0 Å². The second-order valence-electron chi connectivity index (χ2n) is 8.28. The summed E-state index contributed by atoms with van der Waals surface area (Å²) in [7, 11) is 1.84. The van der Waals surface area contributed by atoms with E-state index in [1.165, 1.54) is 33.4 Å². The van der Waals surface area contributed by atoms with Crippen LogP contribution in [0.3, 0.4) is 0 Å². The van der Waals surface area contributed by atoms with Crippen LogP contribution in [0.25, 0.3) is 10.9 Å². The van der Waals surface area contributed by atoms with Gasteiger partial charge in [0.1, 0.15) is 0 Å². The highest BCUT2D eigenvalue weighted by molar-refractivity contribution is 5.84. The van der Waals surface area contributed by atoms with Crippen molar-refractivity contribution in [1.29, 1.82) is 0 Å². The van der Waals surface area contributed by atoms with Crippen LogP contribution in [-0.2, 0) is 19.3 Å². The molecule has 154 valence electrons. The maximum atomic E-state index is 4.78. The Hall–Kier alpha value is -2.76. The standard InChI is InChI=1S/C23H32N6/c1-15(2)29-14-17-9-10-18(13-22(17)28-29)27-23(24-4)25-12-11-19-16(3)26-21-8-6-5-7-20(19)21/h5-8,14-15,18,26H,9-13H2,1-4H3,(H2,24,25,27). The van der Waals surface area contributed by atoms with E-state index in [1.807, 2.05) is 7.05 Å². The molecule has 1 aliphatic carbocycles. The maximum absolute atomic E-state index is 4.78. The highest BCUT2D eigenvalue weighted by Crippen LogP contribution is 2.23. The normalized spacial score (nSPS) is 17.0. The molecule has 6 nitrogen and oxygen atoms in total. The molecule has 0 saturated heterocycles. The zero-order valence-electron chi connectivity index (χ0n) is 17.9. The number of fused-ring (bicyclic) bond motifs is 2. The fourth-order valence-corrected chi connectivity index (χ4v) is 4.25. The lowest BCUT2D eigenvalue weighted by Gasteiger charge is -2.24. The van der Waals surface area contributed by atoms with Crippen molar-refractivity contribution < 1.29 is 0 Å². The smallest absolute Gasteiger partial charge is 0.191 e. The molecule has 1 aromatic carbocycles. The number of H-pyrrole nitrogens is 1. The molecule has 2 aromatic heterocycles. The summed E-state index contributed by atoms with van der Waals surface area (Å²) in [6.07, 6.45) is 6.32. The van der Waals surface area contributed by atoms with Crippen LogP contribution >= 0.6 is 0 Å². The first-order chi connectivity index (χ1) is 14.0. The average molecular weight is 393 g/mol. The molecule has 29 heavy (non-hydrogen) atoms. The predicted molar refractivity (Wildman–Crippen MR) is 120 cm³/mol. The molecule has 3 N–H and O–H groups in total. The number of hydrogen-bond acceptors (Lipinski definition) is 2. The lowest BCUT2D eigenvalue weighted by molar-refractivity contribution is 0.499. The van der Waals surface area contributed by atoms with E-state index >= 15 is 0 Å². The van der Waals surface area contributed by atoms with E-state index < -0.39 is 0 Å². The van der Waals surface area contributed by atoms with E-state index in [-0.39, 0.29) is 0 Å². The molecule has 3 aromatic rings. The van der Waals surface area contributed by atoms with Crippen molar-refractivity contribution in [2.24, 2.45) is 4.99 Å². The van der Waals surface area contributed by atoms with Crippen molar-refractivity contribution in [2.45, 2.75) is 58.5 Å². The first-order valence-corrected chi connectivity index (χ1v) is 10.7. The summed E-state index contributed by atoms with van der Waals surface area (Å²) in [6, 6.07) is 9.29. The number of nitrogens with one attached hydrogen (secondary N) is 3. The van der Waals surface area contributed by atoms with Gasteiger partial charge in [0.15, 0.2) is 5.96 Å². The third kappa shape index (κ3) is 4.16. The number of rotatable bonds is 5. The minimum atomic E-state index is 0.374. The molecule has 4 rings (SSSR count).